The first-order valence-electron chi connectivity index (χ1n) is 12.7. The Morgan fingerprint density at radius 1 is 0.833 bits per heavy atom. The third-order valence-electron chi connectivity index (χ3n) is 7.25. The van der Waals surface area contributed by atoms with E-state index in [1.54, 1.807) is 0 Å². The van der Waals surface area contributed by atoms with E-state index in [0.717, 1.165) is 52.0 Å². The second-order valence-corrected chi connectivity index (χ2v) is 9.71. The summed E-state index contributed by atoms with van der Waals surface area (Å²) in [6, 6.07) is 20.9. The number of nitrogens with zero attached hydrogens (tertiary/aromatic N) is 6. The molecule has 0 spiro atoms. The fraction of sp³-hybridized carbons (Fsp3) is 0.407. The van der Waals surface area contributed by atoms with Crippen LogP contribution in [0, 0.1) is 16.0 Å². The first-order valence-corrected chi connectivity index (χ1v) is 12.7. The lowest BCUT2D eigenvalue weighted by atomic mass is 9.90. The van der Waals surface area contributed by atoms with E-state index >= 15 is 0 Å². The summed E-state index contributed by atoms with van der Waals surface area (Å²) >= 11 is 0. The van der Waals surface area contributed by atoms with Crippen LogP contribution in [0.4, 0.5) is 23.3 Å². The Balaban J connectivity index is 1.26. The SMILES string of the molecule is Nc1nc(N2CCC(Cc3ccccc3)CC2)nc(N2CCN(Cc3ccccc3)CC2)c1[N+](=O)[O-]. The number of aromatic nitrogens is 2. The lowest BCUT2D eigenvalue weighted by molar-refractivity contribution is -0.383. The number of nitrogens with two attached hydrogens (primary N) is 1. The van der Waals surface area contributed by atoms with E-state index in [-0.39, 0.29) is 11.5 Å². The third-order valence-corrected chi connectivity index (χ3v) is 7.25. The molecular formula is C27H33N7O2. The van der Waals surface area contributed by atoms with Crippen molar-refractivity contribution in [3.05, 3.63) is 81.9 Å². The summed E-state index contributed by atoms with van der Waals surface area (Å²) in [6.45, 7) is 5.42. The molecule has 2 saturated heterocycles. The number of hydrogen-bond donors (Lipinski definition) is 1. The van der Waals surface area contributed by atoms with Gasteiger partial charge in [0.15, 0.2) is 0 Å². The molecule has 9 heteroatoms. The average molecular weight is 488 g/mol. The normalized spacial score (nSPS) is 17.3. The van der Waals surface area contributed by atoms with Crippen molar-refractivity contribution in [2.75, 3.05) is 54.8 Å². The maximum Gasteiger partial charge on any atom is 0.353 e. The van der Waals surface area contributed by atoms with Crippen LogP contribution in [-0.2, 0) is 13.0 Å². The zero-order chi connectivity index (χ0) is 24.9. The number of anilines is 3. The predicted molar refractivity (Wildman–Crippen MR) is 142 cm³/mol. The van der Waals surface area contributed by atoms with Crippen LogP contribution < -0.4 is 15.5 Å². The van der Waals surface area contributed by atoms with Crippen molar-refractivity contribution >= 4 is 23.3 Å². The first kappa shape index (κ1) is 24.0. The number of nitrogen functional groups attached to an aromatic ring is 1. The highest BCUT2D eigenvalue weighted by molar-refractivity contribution is 5.71. The van der Waals surface area contributed by atoms with E-state index in [4.69, 9.17) is 10.7 Å². The molecule has 0 aliphatic carbocycles. The molecule has 3 aromatic rings. The minimum absolute atomic E-state index is 0.0573. The Morgan fingerprint density at radius 2 is 1.44 bits per heavy atom. The summed E-state index contributed by atoms with van der Waals surface area (Å²) < 4.78 is 0. The molecule has 0 saturated carbocycles. The number of benzene rings is 2. The van der Waals surface area contributed by atoms with Gasteiger partial charge in [-0.25, -0.2) is 0 Å². The number of hydrogen-bond acceptors (Lipinski definition) is 8. The molecule has 1 aromatic heterocycles. The fourth-order valence-electron chi connectivity index (χ4n) is 5.23. The molecule has 36 heavy (non-hydrogen) atoms. The van der Waals surface area contributed by atoms with Gasteiger partial charge in [-0.3, -0.25) is 15.0 Å². The number of piperidine rings is 1. The molecule has 0 unspecified atom stereocenters. The lowest BCUT2D eigenvalue weighted by Gasteiger charge is -2.36. The number of piperazine rings is 1. The van der Waals surface area contributed by atoms with Crippen LogP contribution in [0.2, 0.25) is 0 Å². The van der Waals surface area contributed by atoms with Crippen LogP contribution >= 0.6 is 0 Å². The highest BCUT2D eigenvalue weighted by Crippen LogP contribution is 2.34. The van der Waals surface area contributed by atoms with Gasteiger partial charge in [0.25, 0.3) is 0 Å². The summed E-state index contributed by atoms with van der Waals surface area (Å²) in [5.74, 6) is 1.39. The summed E-state index contributed by atoms with van der Waals surface area (Å²) in [5.41, 5.74) is 8.58. The Morgan fingerprint density at radius 3 is 2.06 bits per heavy atom. The minimum Gasteiger partial charge on any atom is -0.378 e. The van der Waals surface area contributed by atoms with Crippen LogP contribution in [-0.4, -0.2) is 59.1 Å². The van der Waals surface area contributed by atoms with Crippen molar-refractivity contribution in [3.8, 4) is 0 Å². The van der Waals surface area contributed by atoms with Gasteiger partial charge in [0.2, 0.25) is 17.6 Å². The standard InChI is InChI=1S/C27H33N7O2/c28-25-24(34(35)36)26(32-17-15-31(16-18-32)20-23-9-5-2-6-10-23)30-27(29-25)33-13-11-22(12-14-33)19-21-7-3-1-4-8-21/h1-10,22H,11-20H2,(H2,28,29,30). The van der Waals surface area contributed by atoms with Gasteiger partial charge in [-0.05, 0) is 36.3 Å². The molecular weight excluding hydrogens is 454 g/mol. The quantitative estimate of drug-likeness (QED) is 0.397. The van der Waals surface area contributed by atoms with Gasteiger partial charge in [-0.15, -0.1) is 0 Å². The van der Waals surface area contributed by atoms with Crippen molar-refractivity contribution in [1.82, 2.24) is 14.9 Å². The van der Waals surface area contributed by atoms with Crippen molar-refractivity contribution in [2.45, 2.75) is 25.8 Å². The molecule has 9 nitrogen and oxygen atoms in total. The third kappa shape index (κ3) is 5.57. The van der Waals surface area contributed by atoms with Gasteiger partial charge in [0.1, 0.15) is 0 Å². The molecule has 2 N–H and O–H groups in total. The second-order valence-electron chi connectivity index (χ2n) is 9.71. The largest absolute Gasteiger partial charge is 0.378 e. The average Bonchev–Trinajstić information content (AvgIpc) is 2.90. The Bertz CT molecular complexity index is 1160. The molecule has 0 bridgehead atoms. The van der Waals surface area contributed by atoms with Crippen molar-refractivity contribution in [3.63, 3.8) is 0 Å². The van der Waals surface area contributed by atoms with Crippen molar-refractivity contribution < 1.29 is 4.92 Å². The van der Waals surface area contributed by atoms with E-state index in [1.807, 2.05) is 29.2 Å². The van der Waals surface area contributed by atoms with E-state index in [9.17, 15) is 10.1 Å². The Hall–Kier alpha value is -3.72. The molecule has 0 atom stereocenters. The topological polar surface area (TPSA) is 105 Å². The van der Waals surface area contributed by atoms with Gasteiger partial charge >= 0.3 is 5.69 Å². The van der Waals surface area contributed by atoms with Crippen LogP contribution in [0.3, 0.4) is 0 Å². The smallest absolute Gasteiger partial charge is 0.353 e. The van der Waals surface area contributed by atoms with Gasteiger partial charge < -0.3 is 15.5 Å². The summed E-state index contributed by atoms with van der Waals surface area (Å²) in [4.78, 5) is 27.0. The maximum atomic E-state index is 11.9. The molecule has 2 aliphatic rings. The minimum atomic E-state index is -0.448. The molecule has 0 amide bonds. The molecule has 0 radical (unpaired) electrons. The molecule has 5 rings (SSSR count). The molecule has 3 heterocycles. The van der Waals surface area contributed by atoms with Crippen LogP contribution in [0.5, 0.6) is 0 Å². The monoisotopic (exact) mass is 487 g/mol. The molecule has 2 aliphatic heterocycles. The maximum absolute atomic E-state index is 11.9. The second kappa shape index (κ2) is 10.9. The zero-order valence-corrected chi connectivity index (χ0v) is 20.5. The number of rotatable bonds is 7. The van der Waals surface area contributed by atoms with Gasteiger partial charge in [0.05, 0.1) is 4.92 Å². The van der Waals surface area contributed by atoms with E-state index < -0.39 is 4.92 Å². The summed E-state index contributed by atoms with van der Waals surface area (Å²) in [6.07, 6.45) is 3.13. The van der Waals surface area contributed by atoms with Crippen LogP contribution in [0.1, 0.15) is 24.0 Å². The summed E-state index contributed by atoms with van der Waals surface area (Å²) in [7, 11) is 0. The van der Waals surface area contributed by atoms with Crippen molar-refractivity contribution in [2.24, 2.45) is 5.92 Å². The molecule has 2 fully saturated rings. The lowest BCUT2D eigenvalue weighted by Crippen LogP contribution is -2.46. The highest BCUT2D eigenvalue weighted by atomic mass is 16.6. The molecule has 188 valence electrons. The highest BCUT2D eigenvalue weighted by Gasteiger charge is 2.31. The molecule has 2 aromatic carbocycles. The predicted octanol–water partition coefficient (Wildman–Crippen LogP) is 3.75. The first-order chi connectivity index (χ1) is 17.6. The fourth-order valence-corrected chi connectivity index (χ4v) is 5.23. The Kier molecular flexibility index (Phi) is 7.27. The summed E-state index contributed by atoms with van der Waals surface area (Å²) in [5, 5.41) is 11.9. The zero-order valence-electron chi connectivity index (χ0n) is 20.5. The Labute approximate surface area is 211 Å². The van der Waals surface area contributed by atoms with Gasteiger partial charge in [-0.2, -0.15) is 9.97 Å². The van der Waals surface area contributed by atoms with E-state index in [1.165, 1.54) is 11.1 Å². The van der Waals surface area contributed by atoms with Gasteiger partial charge in [-0.1, -0.05) is 60.7 Å². The van der Waals surface area contributed by atoms with Crippen molar-refractivity contribution in [1.29, 1.82) is 0 Å². The van der Waals surface area contributed by atoms with Crippen LogP contribution in [0.25, 0.3) is 0 Å². The van der Waals surface area contributed by atoms with Crippen LogP contribution in [0.15, 0.2) is 60.7 Å². The van der Waals surface area contributed by atoms with Gasteiger partial charge in [0, 0.05) is 45.8 Å². The van der Waals surface area contributed by atoms with E-state index in [2.05, 4.69) is 51.2 Å². The van der Waals surface area contributed by atoms with E-state index in [0.29, 0.717) is 30.8 Å². The number of nitro groups is 1.